The highest BCUT2D eigenvalue weighted by atomic mass is 16.6. The molecule has 4 nitrogen and oxygen atoms in total. The highest BCUT2D eigenvalue weighted by Crippen LogP contribution is 2.39. The van der Waals surface area contributed by atoms with Crippen LogP contribution in [0.15, 0.2) is 0 Å². The van der Waals surface area contributed by atoms with Gasteiger partial charge in [0.15, 0.2) is 0 Å². The number of ether oxygens (including phenoxy) is 2. The number of hydrogen-bond acceptors (Lipinski definition) is 3. The lowest BCUT2D eigenvalue weighted by molar-refractivity contribution is 0.00836. The van der Waals surface area contributed by atoms with Crippen LogP contribution in [0.1, 0.15) is 40.0 Å². The van der Waals surface area contributed by atoms with Crippen LogP contribution in [0.5, 0.6) is 0 Å². The fourth-order valence-corrected chi connectivity index (χ4v) is 2.63. The van der Waals surface area contributed by atoms with Crippen molar-refractivity contribution in [3.05, 3.63) is 0 Å². The van der Waals surface area contributed by atoms with E-state index in [9.17, 15) is 4.79 Å². The molecule has 2 rings (SSSR count). The van der Waals surface area contributed by atoms with Crippen LogP contribution >= 0.6 is 0 Å². The zero-order valence-electron chi connectivity index (χ0n) is 11.1. The summed E-state index contributed by atoms with van der Waals surface area (Å²) in [5.41, 5.74) is -0.0995. The summed E-state index contributed by atoms with van der Waals surface area (Å²) < 4.78 is 10.8. The van der Waals surface area contributed by atoms with Gasteiger partial charge in [-0.2, -0.15) is 0 Å². The molecule has 0 aliphatic carbocycles. The van der Waals surface area contributed by atoms with Crippen molar-refractivity contribution in [3.8, 4) is 0 Å². The third-order valence-electron chi connectivity index (χ3n) is 3.64. The van der Waals surface area contributed by atoms with Crippen molar-refractivity contribution < 1.29 is 14.3 Å². The third kappa shape index (κ3) is 3.12. The Hall–Kier alpha value is -0.770. The lowest BCUT2D eigenvalue weighted by Gasteiger charge is -2.33. The molecule has 98 valence electrons. The summed E-state index contributed by atoms with van der Waals surface area (Å²) in [6.45, 7) is 9.06. The molecular formula is C13H23NO3. The number of hydrogen-bond donors (Lipinski definition) is 0. The van der Waals surface area contributed by atoms with E-state index in [0.717, 1.165) is 45.6 Å². The second-order valence-corrected chi connectivity index (χ2v) is 6.26. The maximum Gasteiger partial charge on any atom is 0.410 e. The number of carbonyl (C=O) groups is 1. The molecular weight excluding hydrogens is 218 g/mol. The van der Waals surface area contributed by atoms with Gasteiger partial charge in [-0.3, -0.25) is 0 Å². The smallest absolute Gasteiger partial charge is 0.410 e. The monoisotopic (exact) mass is 241 g/mol. The van der Waals surface area contributed by atoms with E-state index < -0.39 is 5.60 Å². The van der Waals surface area contributed by atoms with Crippen LogP contribution in [0, 0.1) is 5.41 Å². The SMILES string of the molecule is CC(C)(C)OC(=O)N1CCC2(CCOCC2)C1. The number of carbonyl (C=O) groups excluding carboxylic acids is 1. The minimum Gasteiger partial charge on any atom is -0.444 e. The molecule has 0 aromatic carbocycles. The van der Waals surface area contributed by atoms with Gasteiger partial charge in [0.1, 0.15) is 5.60 Å². The summed E-state index contributed by atoms with van der Waals surface area (Å²) in [4.78, 5) is 13.8. The van der Waals surface area contributed by atoms with E-state index in [-0.39, 0.29) is 6.09 Å². The van der Waals surface area contributed by atoms with Gasteiger partial charge in [0.2, 0.25) is 0 Å². The molecule has 0 atom stereocenters. The van der Waals surface area contributed by atoms with Crippen molar-refractivity contribution in [2.75, 3.05) is 26.3 Å². The van der Waals surface area contributed by atoms with Crippen LogP contribution in [0.3, 0.4) is 0 Å². The van der Waals surface area contributed by atoms with Crippen LogP contribution in [-0.4, -0.2) is 42.9 Å². The molecule has 2 aliphatic rings. The number of nitrogens with zero attached hydrogens (tertiary/aromatic N) is 1. The summed E-state index contributed by atoms with van der Waals surface area (Å²) in [7, 11) is 0. The zero-order valence-corrected chi connectivity index (χ0v) is 11.1. The van der Waals surface area contributed by atoms with Crippen LogP contribution in [-0.2, 0) is 9.47 Å². The third-order valence-corrected chi connectivity index (χ3v) is 3.64. The molecule has 2 fully saturated rings. The van der Waals surface area contributed by atoms with Crippen molar-refractivity contribution in [3.63, 3.8) is 0 Å². The lowest BCUT2D eigenvalue weighted by atomic mass is 9.80. The van der Waals surface area contributed by atoms with Gasteiger partial charge in [0.25, 0.3) is 0 Å². The van der Waals surface area contributed by atoms with Gasteiger partial charge in [-0.25, -0.2) is 4.79 Å². The predicted molar refractivity (Wildman–Crippen MR) is 64.9 cm³/mol. The molecule has 2 heterocycles. The first-order valence-corrected chi connectivity index (χ1v) is 6.46. The Kier molecular flexibility index (Phi) is 3.34. The Bertz CT molecular complexity index is 290. The average molecular weight is 241 g/mol. The normalized spacial score (nSPS) is 24.1. The van der Waals surface area contributed by atoms with Gasteiger partial charge in [-0.05, 0) is 45.4 Å². The second kappa shape index (κ2) is 4.48. The molecule has 2 saturated heterocycles. The highest BCUT2D eigenvalue weighted by molar-refractivity contribution is 5.68. The fourth-order valence-electron chi connectivity index (χ4n) is 2.63. The molecule has 0 aromatic heterocycles. The zero-order chi connectivity index (χ0) is 12.5. The average Bonchev–Trinajstić information content (AvgIpc) is 2.61. The Morgan fingerprint density at radius 1 is 1.24 bits per heavy atom. The molecule has 0 N–H and O–H groups in total. The first-order valence-electron chi connectivity index (χ1n) is 6.46. The fraction of sp³-hybridized carbons (Fsp3) is 0.923. The minimum absolute atomic E-state index is 0.166. The Balaban J connectivity index is 1.91. The van der Waals surface area contributed by atoms with Gasteiger partial charge >= 0.3 is 6.09 Å². The van der Waals surface area contributed by atoms with Gasteiger partial charge in [0.05, 0.1) is 0 Å². The minimum atomic E-state index is -0.400. The molecule has 4 heteroatoms. The van der Waals surface area contributed by atoms with E-state index in [1.165, 1.54) is 0 Å². The molecule has 1 spiro atoms. The number of amides is 1. The summed E-state index contributed by atoms with van der Waals surface area (Å²) in [5.74, 6) is 0. The van der Waals surface area contributed by atoms with Crippen molar-refractivity contribution in [2.45, 2.75) is 45.6 Å². The summed E-state index contributed by atoms with van der Waals surface area (Å²) in [6, 6.07) is 0. The topological polar surface area (TPSA) is 38.8 Å². The summed E-state index contributed by atoms with van der Waals surface area (Å²) in [5, 5.41) is 0. The molecule has 0 saturated carbocycles. The largest absolute Gasteiger partial charge is 0.444 e. The maximum atomic E-state index is 12.0. The van der Waals surface area contributed by atoms with E-state index in [2.05, 4.69) is 0 Å². The van der Waals surface area contributed by atoms with Gasteiger partial charge < -0.3 is 14.4 Å². The van der Waals surface area contributed by atoms with E-state index in [4.69, 9.17) is 9.47 Å². The summed E-state index contributed by atoms with van der Waals surface area (Å²) >= 11 is 0. The van der Waals surface area contributed by atoms with E-state index in [0.29, 0.717) is 5.41 Å². The number of likely N-dealkylation sites (tertiary alicyclic amines) is 1. The molecule has 17 heavy (non-hydrogen) atoms. The van der Waals surface area contributed by atoms with Crippen LogP contribution in [0.25, 0.3) is 0 Å². The van der Waals surface area contributed by atoms with Crippen LogP contribution < -0.4 is 0 Å². The lowest BCUT2D eigenvalue weighted by Crippen LogP contribution is -2.38. The summed E-state index contributed by atoms with van der Waals surface area (Å²) in [6.07, 6.45) is 3.08. The predicted octanol–water partition coefficient (Wildman–Crippen LogP) is 2.42. The molecule has 0 radical (unpaired) electrons. The van der Waals surface area contributed by atoms with E-state index in [1.54, 1.807) is 0 Å². The maximum absolute atomic E-state index is 12.0. The molecule has 2 aliphatic heterocycles. The quantitative estimate of drug-likeness (QED) is 0.654. The van der Waals surface area contributed by atoms with E-state index >= 15 is 0 Å². The molecule has 0 aromatic rings. The second-order valence-electron chi connectivity index (χ2n) is 6.26. The van der Waals surface area contributed by atoms with Crippen molar-refractivity contribution >= 4 is 6.09 Å². The van der Waals surface area contributed by atoms with E-state index in [1.807, 2.05) is 25.7 Å². The molecule has 1 amide bonds. The van der Waals surface area contributed by atoms with Crippen LogP contribution in [0.2, 0.25) is 0 Å². The highest BCUT2D eigenvalue weighted by Gasteiger charge is 2.41. The van der Waals surface area contributed by atoms with Crippen molar-refractivity contribution in [1.82, 2.24) is 4.90 Å². The van der Waals surface area contributed by atoms with Gasteiger partial charge in [-0.1, -0.05) is 0 Å². The first-order chi connectivity index (χ1) is 7.90. The Labute approximate surface area is 103 Å². The number of rotatable bonds is 0. The first kappa shape index (κ1) is 12.7. The molecule has 0 bridgehead atoms. The van der Waals surface area contributed by atoms with Crippen LogP contribution in [0.4, 0.5) is 4.79 Å². The molecule has 0 unspecified atom stereocenters. The standard InChI is InChI=1S/C13H23NO3/c1-12(2,3)17-11(15)14-7-4-13(10-14)5-8-16-9-6-13/h4-10H2,1-3H3. The van der Waals surface area contributed by atoms with Crippen molar-refractivity contribution in [2.24, 2.45) is 5.41 Å². The Morgan fingerprint density at radius 2 is 1.88 bits per heavy atom. The van der Waals surface area contributed by atoms with Gasteiger partial charge in [0, 0.05) is 26.3 Å². The van der Waals surface area contributed by atoms with Crippen molar-refractivity contribution in [1.29, 1.82) is 0 Å². The Morgan fingerprint density at radius 3 is 2.47 bits per heavy atom. The van der Waals surface area contributed by atoms with Gasteiger partial charge in [-0.15, -0.1) is 0 Å².